The summed E-state index contributed by atoms with van der Waals surface area (Å²) in [5.74, 6) is 0.328. The average Bonchev–Trinajstić information content (AvgIpc) is 2.69. The first-order valence-corrected chi connectivity index (χ1v) is 5.20. The number of nitrogen functional groups attached to an aromatic ring is 1. The van der Waals surface area contributed by atoms with E-state index in [-0.39, 0.29) is 0 Å². The van der Waals surface area contributed by atoms with Crippen molar-refractivity contribution in [2.75, 3.05) is 5.73 Å². The molecule has 15 heavy (non-hydrogen) atoms. The van der Waals surface area contributed by atoms with E-state index in [1.165, 1.54) is 0 Å². The third kappa shape index (κ3) is 3.97. The predicted octanol–water partition coefficient (Wildman–Crippen LogP) is 3.05. The van der Waals surface area contributed by atoms with Crippen LogP contribution >= 0.6 is 0 Å². The molecule has 0 saturated carbocycles. The van der Waals surface area contributed by atoms with Crippen LogP contribution in [0.25, 0.3) is 5.57 Å². The highest BCUT2D eigenvalue weighted by atomic mass is 16.6. The van der Waals surface area contributed by atoms with E-state index in [0.29, 0.717) is 11.5 Å². The van der Waals surface area contributed by atoms with Crippen molar-refractivity contribution in [3.63, 3.8) is 0 Å². The molecule has 0 spiro atoms. The first kappa shape index (κ1) is 13.4. The maximum Gasteiger partial charge on any atom is 0.196 e. The van der Waals surface area contributed by atoms with E-state index >= 15 is 0 Å². The molecule has 1 aromatic rings. The molecule has 2 N–H and O–H groups in total. The number of nitrogens with two attached hydrogens (primary N) is 1. The lowest BCUT2D eigenvalue weighted by Crippen LogP contribution is -1.90. The van der Waals surface area contributed by atoms with Crippen LogP contribution in [-0.4, -0.2) is 10.3 Å². The van der Waals surface area contributed by atoms with Gasteiger partial charge in [-0.1, -0.05) is 39.0 Å². The number of allylic oxidation sites excluding steroid dienone is 4. The van der Waals surface area contributed by atoms with E-state index in [1.807, 2.05) is 39.0 Å². The van der Waals surface area contributed by atoms with Crippen molar-refractivity contribution in [3.8, 4) is 0 Å². The van der Waals surface area contributed by atoms with Crippen LogP contribution in [0.5, 0.6) is 0 Å². The predicted molar refractivity (Wildman–Crippen MR) is 63.1 cm³/mol. The molecule has 0 bridgehead atoms. The Morgan fingerprint density at radius 2 is 2.07 bits per heavy atom. The molecule has 0 aliphatic heterocycles. The molecule has 0 saturated heterocycles. The van der Waals surface area contributed by atoms with Gasteiger partial charge < -0.3 is 5.73 Å². The number of aromatic nitrogens is 2. The summed E-state index contributed by atoms with van der Waals surface area (Å²) < 4.78 is 4.51. The number of anilines is 1. The van der Waals surface area contributed by atoms with Crippen molar-refractivity contribution in [3.05, 3.63) is 23.9 Å². The van der Waals surface area contributed by atoms with Gasteiger partial charge in [0.05, 0.1) is 0 Å². The fraction of sp³-hybridized carbons (Fsp3) is 0.455. The van der Waals surface area contributed by atoms with Gasteiger partial charge in [-0.15, -0.1) is 0 Å². The zero-order valence-corrected chi connectivity index (χ0v) is 9.82. The molecule has 0 aliphatic rings. The van der Waals surface area contributed by atoms with E-state index in [4.69, 9.17) is 5.73 Å². The Bertz CT molecular complexity index is 326. The smallest absolute Gasteiger partial charge is 0.196 e. The molecule has 0 aromatic carbocycles. The standard InChI is InChI=1S/C9H13N3O.C2H6/c1-3-5-6-7(4-2)8-9(10)12-13-11-8;1-2/h4-6H,3H2,1-2H3,(H2,10,12);1-2H3/b6-5-,7-4+;. The van der Waals surface area contributed by atoms with Gasteiger partial charge in [-0.05, 0) is 23.7 Å². The number of hydrogen-bond donors (Lipinski definition) is 1. The SMILES string of the molecule is C/C=C(\C=C/CC)c1nonc1N.CC. The number of rotatable bonds is 3. The summed E-state index contributed by atoms with van der Waals surface area (Å²) in [6, 6.07) is 0. The Morgan fingerprint density at radius 3 is 2.47 bits per heavy atom. The van der Waals surface area contributed by atoms with Crippen LogP contribution in [0.15, 0.2) is 22.9 Å². The Labute approximate surface area is 90.8 Å². The van der Waals surface area contributed by atoms with Crippen molar-refractivity contribution in [1.29, 1.82) is 0 Å². The van der Waals surface area contributed by atoms with Crippen LogP contribution in [0.3, 0.4) is 0 Å². The Morgan fingerprint density at radius 1 is 1.40 bits per heavy atom. The van der Waals surface area contributed by atoms with Crippen LogP contribution < -0.4 is 5.73 Å². The molecule has 1 rings (SSSR count). The maximum absolute atomic E-state index is 5.55. The second kappa shape index (κ2) is 7.79. The molecule has 0 amide bonds. The van der Waals surface area contributed by atoms with Gasteiger partial charge in [-0.2, -0.15) is 0 Å². The van der Waals surface area contributed by atoms with Gasteiger partial charge in [0.25, 0.3) is 0 Å². The molecule has 4 nitrogen and oxygen atoms in total. The van der Waals surface area contributed by atoms with Crippen LogP contribution in [0.2, 0.25) is 0 Å². The van der Waals surface area contributed by atoms with Crippen molar-refractivity contribution in [1.82, 2.24) is 10.3 Å². The Hall–Kier alpha value is -1.58. The van der Waals surface area contributed by atoms with Gasteiger partial charge in [0.1, 0.15) is 0 Å². The quantitative estimate of drug-likeness (QED) is 0.777. The highest BCUT2D eigenvalue weighted by molar-refractivity contribution is 5.76. The molecule has 0 unspecified atom stereocenters. The summed E-state index contributed by atoms with van der Waals surface area (Å²) in [5.41, 5.74) is 7.08. The lowest BCUT2D eigenvalue weighted by atomic mass is 10.1. The Balaban J connectivity index is 0.000000921. The lowest BCUT2D eigenvalue weighted by Gasteiger charge is -1.94. The topological polar surface area (TPSA) is 64.9 Å². The largest absolute Gasteiger partial charge is 0.379 e. The summed E-state index contributed by atoms with van der Waals surface area (Å²) in [6.07, 6.45) is 6.88. The summed E-state index contributed by atoms with van der Waals surface area (Å²) in [6.45, 7) is 7.98. The van der Waals surface area contributed by atoms with Gasteiger partial charge >= 0.3 is 0 Å². The number of nitrogens with zero attached hydrogens (tertiary/aromatic N) is 2. The molecule has 0 aliphatic carbocycles. The van der Waals surface area contributed by atoms with Gasteiger partial charge in [-0.3, -0.25) is 0 Å². The molecular weight excluding hydrogens is 190 g/mol. The highest BCUT2D eigenvalue weighted by Crippen LogP contribution is 2.18. The summed E-state index contributed by atoms with van der Waals surface area (Å²) >= 11 is 0. The van der Waals surface area contributed by atoms with E-state index in [9.17, 15) is 0 Å². The van der Waals surface area contributed by atoms with Gasteiger partial charge in [-0.25, -0.2) is 4.63 Å². The minimum atomic E-state index is 0.328. The van der Waals surface area contributed by atoms with Crippen LogP contribution in [-0.2, 0) is 0 Å². The van der Waals surface area contributed by atoms with E-state index in [1.54, 1.807) is 0 Å². The molecule has 84 valence electrons. The third-order valence-corrected chi connectivity index (χ3v) is 1.63. The van der Waals surface area contributed by atoms with E-state index in [0.717, 1.165) is 12.0 Å². The molecule has 4 heteroatoms. The molecule has 0 atom stereocenters. The zero-order chi connectivity index (χ0) is 11.7. The van der Waals surface area contributed by atoms with Crippen LogP contribution in [0, 0.1) is 0 Å². The van der Waals surface area contributed by atoms with Crippen LogP contribution in [0.4, 0.5) is 5.82 Å². The monoisotopic (exact) mass is 209 g/mol. The van der Waals surface area contributed by atoms with Crippen LogP contribution in [0.1, 0.15) is 39.8 Å². The summed E-state index contributed by atoms with van der Waals surface area (Å²) in [4.78, 5) is 0. The fourth-order valence-electron chi connectivity index (χ4n) is 0.953. The van der Waals surface area contributed by atoms with Gasteiger partial charge in [0.2, 0.25) is 0 Å². The van der Waals surface area contributed by atoms with Crippen molar-refractivity contribution in [2.45, 2.75) is 34.1 Å². The third-order valence-electron chi connectivity index (χ3n) is 1.63. The minimum absolute atomic E-state index is 0.328. The lowest BCUT2D eigenvalue weighted by molar-refractivity contribution is 0.308. The summed E-state index contributed by atoms with van der Waals surface area (Å²) in [5, 5.41) is 7.22. The van der Waals surface area contributed by atoms with Crippen molar-refractivity contribution in [2.24, 2.45) is 0 Å². The normalized spacial score (nSPS) is 11.3. The summed E-state index contributed by atoms with van der Waals surface area (Å²) in [7, 11) is 0. The van der Waals surface area contributed by atoms with Crippen molar-refractivity contribution >= 4 is 11.4 Å². The second-order valence-electron chi connectivity index (χ2n) is 2.55. The van der Waals surface area contributed by atoms with E-state index in [2.05, 4.69) is 21.9 Å². The first-order valence-electron chi connectivity index (χ1n) is 5.20. The minimum Gasteiger partial charge on any atom is -0.379 e. The van der Waals surface area contributed by atoms with Gasteiger partial charge in [0, 0.05) is 5.57 Å². The second-order valence-corrected chi connectivity index (χ2v) is 2.55. The first-order chi connectivity index (χ1) is 7.29. The molecule has 0 radical (unpaired) electrons. The van der Waals surface area contributed by atoms with Gasteiger partial charge in [0.15, 0.2) is 11.5 Å². The zero-order valence-electron chi connectivity index (χ0n) is 9.82. The fourth-order valence-corrected chi connectivity index (χ4v) is 0.953. The molecular formula is C11H19N3O. The average molecular weight is 209 g/mol. The Kier molecular flexibility index (Phi) is 6.97. The maximum atomic E-state index is 5.55. The molecule has 1 heterocycles. The molecule has 0 fully saturated rings. The highest BCUT2D eigenvalue weighted by Gasteiger charge is 2.07. The van der Waals surface area contributed by atoms with E-state index < -0.39 is 0 Å². The van der Waals surface area contributed by atoms with Crippen molar-refractivity contribution < 1.29 is 4.63 Å². The molecule has 1 aromatic heterocycles. The number of hydrogen-bond acceptors (Lipinski definition) is 4.